The van der Waals surface area contributed by atoms with Gasteiger partial charge in [-0.1, -0.05) is 0 Å². The van der Waals surface area contributed by atoms with Crippen molar-refractivity contribution in [3.8, 4) is 0 Å². The van der Waals surface area contributed by atoms with Gasteiger partial charge in [-0.05, 0) is 32.9 Å². The largest absolute Gasteiger partial charge is 0.443 e. The second kappa shape index (κ2) is 4.50. The molecule has 6 nitrogen and oxygen atoms in total. The Morgan fingerprint density at radius 3 is 2.53 bits per heavy atom. The van der Waals surface area contributed by atoms with Crippen molar-refractivity contribution in [1.29, 1.82) is 0 Å². The quantitative estimate of drug-likeness (QED) is 0.760. The third-order valence-corrected chi connectivity index (χ3v) is 3.17. The summed E-state index contributed by atoms with van der Waals surface area (Å²) in [6, 6.07) is 0. The molecule has 0 aromatic heterocycles. The Labute approximate surface area is 100 Å². The normalized spacial score (nSPS) is 18.8. The first-order chi connectivity index (χ1) is 7.67. The number of carbonyl (C=O) groups excluding carboxylic acids is 1. The third-order valence-electron chi connectivity index (χ3n) is 1.78. The fraction of sp³-hybridized carbons (Fsp3) is 0.500. The standard InChI is InChI=1S/C10H15NO5S/c1-10(2,3)16-9(13)11-8(7-12)5-4-6-17(11,14)15/h4-6,12H,7H2,1-3H3. The van der Waals surface area contributed by atoms with E-state index in [-0.39, 0.29) is 5.70 Å². The maximum Gasteiger partial charge on any atom is 0.428 e. The first kappa shape index (κ1) is 13.7. The van der Waals surface area contributed by atoms with Crippen molar-refractivity contribution in [1.82, 2.24) is 4.31 Å². The van der Waals surface area contributed by atoms with Gasteiger partial charge in [0.15, 0.2) is 0 Å². The number of ether oxygens (including phenoxy) is 1. The molecule has 0 aromatic carbocycles. The van der Waals surface area contributed by atoms with Gasteiger partial charge in [-0.2, -0.15) is 4.31 Å². The van der Waals surface area contributed by atoms with Crippen LogP contribution in [0.15, 0.2) is 23.3 Å². The van der Waals surface area contributed by atoms with E-state index in [0.29, 0.717) is 4.31 Å². The highest BCUT2D eigenvalue weighted by atomic mass is 32.2. The van der Waals surface area contributed by atoms with Crippen LogP contribution >= 0.6 is 0 Å². The number of hydrogen-bond donors (Lipinski definition) is 1. The molecular formula is C10H15NO5S. The average Bonchev–Trinajstić information content (AvgIpc) is 2.12. The number of aliphatic hydroxyl groups excluding tert-OH is 1. The molecule has 0 radical (unpaired) electrons. The van der Waals surface area contributed by atoms with Gasteiger partial charge in [0.2, 0.25) is 0 Å². The van der Waals surface area contributed by atoms with Crippen LogP contribution in [0.3, 0.4) is 0 Å². The number of nitrogens with zero attached hydrogens (tertiary/aromatic N) is 1. The Hall–Kier alpha value is -1.34. The maximum atomic E-state index is 11.7. The summed E-state index contributed by atoms with van der Waals surface area (Å²) in [4.78, 5) is 11.7. The number of carbonyl (C=O) groups is 1. The van der Waals surface area contributed by atoms with Crippen molar-refractivity contribution in [2.45, 2.75) is 26.4 Å². The van der Waals surface area contributed by atoms with Gasteiger partial charge in [0.05, 0.1) is 17.7 Å². The number of rotatable bonds is 1. The van der Waals surface area contributed by atoms with Crippen LogP contribution in [0.1, 0.15) is 20.8 Å². The zero-order chi connectivity index (χ0) is 13.3. The number of hydrogen-bond acceptors (Lipinski definition) is 5. The van der Waals surface area contributed by atoms with Gasteiger partial charge in [0, 0.05) is 0 Å². The molecule has 0 atom stereocenters. The van der Waals surface area contributed by atoms with Crippen molar-refractivity contribution in [3.63, 3.8) is 0 Å². The van der Waals surface area contributed by atoms with Crippen LogP contribution in [0.4, 0.5) is 4.79 Å². The van der Waals surface area contributed by atoms with Gasteiger partial charge in [-0.15, -0.1) is 0 Å². The molecular weight excluding hydrogens is 246 g/mol. The van der Waals surface area contributed by atoms with Crippen molar-refractivity contribution in [2.24, 2.45) is 0 Å². The van der Waals surface area contributed by atoms with E-state index in [2.05, 4.69) is 0 Å². The van der Waals surface area contributed by atoms with Crippen molar-refractivity contribution < 1.29 is 23.1 Å². The third kappa shape index (κ3) is 3.31. The van der Waals surface area contributed by atoms with E-state index in [9.17, 15) is 13.2 Å². The van der Waals surface area contributed by atoms with Gasteiger partial charge in [-0.25, -0.2) is 13.2 Å². The topological polar surface area (TPSA) is 83.9 Å². The summed E-state index contributed by atoms with van der Waals surface area (Å²) in [5.41, 5.74) is -0.851. The van der Waals surface area contributed by atoms with Crippen LogP contribution in [0.2, 0.25) is 0 Å². The fourth-order valence-corrected chi connectivity index (χ4v) is 2.27. The van der Waals surface area contributed by atoms with Crippen LogP contribution in [0.25, 0.3) is 0 Å². The molecule has 0 saturated heterocycles. The summed E-state index contributed by atoms with van der Waals surface area (Å²) in [7, 11) is -3.91. The predicted molar refractivity (Wildman–Crippen MR) is 61.3 cm³/mol. The van der Waals surface area contributed by atoms with Crippen LogP contribution in [0, 0.1) is 0 Å². The molecule has 7 heteroatoms. The minimum absolute atomic E-state index is 0.0400. The van der Waals surface area contributed by atoms with Crippen LogP contribution in [-0.4, -0.2) is 36.1 Å². The number of sulfonamides is 1. The van der Waals surface area contributed by atoms with Gasteiger partial charge in [-0.3, -0.25) is 0 Å². The lowest BCUT2D eigenvalue weighted by Gasteiger charge is -2.27. The van der Waals surface area contributed by atoms with E-state index in [0.717, 1.165) is 5.41 Å². The molecule has 0 aromatic rings. The maximum absolute atomic E-state index is 11.7. The molecule has 1 aliphatic heterocycles. The van der Waals surface area contributed by atoms with Crippen LogP contribution in [0.5, 0.6) is 0 Å². The second-order valence-corrected chi connectivity index (χ2v) is 6.10. The summed E-state index contributed by atoms with van der Waals surface area (Å²) < 4.78 is 28.8. The molecule has 1 aliphatic rings. The van der Waals surface area contributed by atoms with E-state index in [1.807, 2.05) is 0 Å². The Morgan fingerprint density at radius 1 is 1.47 bits per heavy atom. The Morgan fingerprint density at radius 2 is 2.06 bits per heavy atom. The smallest absolute Gasteiger partial charge is 0.428 e. The molecule has 1 N–H and O–H groups in total. The molecule has 1 amide bonds. The van der Waals surface area contributed by atoms with Gasteiger partial charge in [0.25, 0.3) is 10.0 Å². The summed E-state index contributed by atoms with van der Waals surface area (Å²) in [6.07, 6.45) is 1.56. The van der Waals surface area contributed by atoms with Gasteiger partial charge < -0.3 is 9.84 Å². The molecule has 0 spiro atoms. The molecule has 17 heavy (non-hydrogen) atoms. The molecule has 1 heterocycles. The zero-order valence-electron chi connectivity index (χ0n) is 9.87. The van der Waals surface area contributed by atoms with E-state index < -0.39 is 28.3 Å². The van der Waals surface area contributed by atoms with Gasteiger partial charge in [0.1, 0.15) is 5.60 Å². The molecule has 0 unspecified atom stereocenters. The van der Waals surface area contributed by atoms with E-state index in [1.54, 1.807) is 20.8 Å². The Balaban J connectivity index is 3.05. The monoisotopic (exact) mass is 261 g/mol. The molecule has 96 valence electrons. The highest BCUT2D eigenvalue weighted by Gasteiger charge is 2.34. The van der Waals surface area contributed by atoms with Crippen LogP contribution < -0.4 is 0 Å². The highest BCUT2D eigenvalue weighted by Crippen LogP contribution is 2.21. The van der Waals surface area contributed by atoms with Crippen LogP contribution in [-0.2, 0) is 14.8 Å². The van der Waals surface area contributed by atoms with Crippen molar-refractivity contribution in [2.75, 3.05) is 6.61 Å². The van der Waals surface area contributed by atoms with E-state index in [4.69, 9.17) is 9.84 Å². The fourth-order valence-electron chi connectivity index (χ4n) is 1.18. The SMILES string of the molecule is CC(C)(C)OC(=O)N1C(CO)=CC=CS1(=O)=O. The van der Waals surface area contributed by atoms with E-state index in [1.165, 1.54) is 12.2 Å². The summed E-state index contributed by atoms with van der Waals surface area (Å²) in [5.74, 6) is 0. The minimum Gasteiger partial charge on any atom is -0.443 e. The predicted octanol–water partition coefficient (Wildman–Crippen LogP) is 0.957. The molecule has 0 aliphatic carbocycles. The Kier molecular flexibility index (Phi) is 3.63. The first-order valence-corrected chi connectivity index (χ1v) is 6.44. The zero-order valence-corrected chi connectivity index (χ0v) is 10.7. The summed E-state index contributed by atoms with van der Waals surface area (Å²) >= 11 is 0. The number of allylic oxidation sites excluding steroid dienone is 2. The number of aliphatic hydroxyl groups is 1. The molecule has 0 saturated carbocycles. The summed E-state index contributed by atoms with van der Waals surface area (Å²) in [5, 5.41) is 9.90. The Bertz CT molecular complexity index is 469. The minimum atomic E-state index is -3.91. The lowest BCUT2D eigenvalue weighted by Crippen LogP contribution is -2.41. The van der Waals surface area contributed by atoms with Crippen molar-refractivity contribution >= 4 is 16.1 Å². The first-order valence-electron chi connectivity index (χ1n) is 4.94. The lowest BCUT2D eigenvalue weighted by molar-refractivity contribution is 0.0417. The lowest BCUT2D eigenvalue weighted by atomic mass is 10.2. The van der Waals surface area contributed by atoms with E-state index >= 15 is 0 Å². The summed E-state index contributed by atoms with van der Waals surface area (Å²) in [6.45, 7) is 4.31. The second-order valence-electron chi connectivity index (χ2n) is 4.43. The van der Waals surface area contributed by atoms with Crippen molar-refractivity contribution in [3.05, 3.63) is 23.3 Å². The highest BCUT2D eigenvalue weighted by molar-refractivity contribution is 7.92. The average molecular weight is 261 g/mol. The van der Waals surface area contributed by atoms with Gasteiger partial charge >= 0.3 is 6.09 Å². The molecule has 0 fully saturated rings. The molecule has 0 bridgehead atoms. The number of amides is 1. The molecule has 1 rings (SSSR count).